The summed E-state index contributed by atoms with van der Waals surface area (Å²) in [5.41, 5.74) is 3.66. The number of amides is 2. The molecule has 0 spiro atoms. The van der Waals surface area contributed by atoms with Crippen molar-refractivity contribution in [1.82, 2.24) is 9.80 Å². The molecule has 2 saturated heterocycles. The highest BCUT2D eigenvalue weighted by molar-refractivity contribution is 6.12. The minimum Gasteiger partial charge on any atom is -0.463 e. The lowest BCUT2D eigenvalue weighted by Crippen LogP contribution is -2.51. The molecule has 3 aliphatic rings. The van der Waals surface area contributed by atoms with Crippen molar-refractivity contribution < 1.29 is 28.3 Å². The van der Waals surface area contributed by atoms with E-state index in [1.807, 2.05) is 54.3 Å². The van der Waals surface area contributed by atoms with E-state index in [0.717, 1.165) is 68.0 Å². The minimum absolute atomic E-state index is 0.00388. The van der Waals surface area contributed by atoms with Gasteiger partial charge in [0.15, 0.2) is 0 Å². The molecule has 1 aliphatic carbocycles. The minimum atomic E-state index is -0.232. The van der Waals surface area contributed by atoms with Gasteiger partial charge in [0, 0.05) is 42.7 Å². The monoisotopic (exact) mass is 615 g/mol. The number of ether oxygens (including phenoxy) is 2. The number of carbonyl (C=O) groups is 3. The molecule has 3 aromatic rings. The predicted octanol–water partition coefficient (Wildman–Crippen LogP) is 5.39. The van der Waals surface area contributed by atoms with Gasteiger partial charge in [-0.1, -0.05) is 30.3 Å². The van der Waals surface area contributed by atoms with Crippen molar-refractivity contribution in [3.63, 3.8) is 0 Å². The molecule has 2 aliphatic heterocycles. The van der Waals surface area contributed by atoms with Crippen LogP contribution in [0.25, 0.3) is 11.0 Å². The zero-order valence-electron chi connectivity index (χ0n) is 26.6. The van der Waals surface area contributed by atoms with Gasteiger partial charge in [-0.25, -0.2) is 0 Å². The number of morpholine rings is 1. The molecule has 3 fully saturated rings. The Labute approximate surface area is 265 Å². The Morgan fingerprint density at radius 1 is 1.02 bits per heavy atom. The van der Waals surface area contributed by atoms with Crippen LogP contribution in [-0.2, 0) is 25.5 Å². The maximum absolute atomic E-state index is 13.9. The molecule has 0 radical (unpaired) electrons. The summed E-state index contributed by atoms with van der Waals surface area (Å²) in [6.45, 7) is 9.09. The van der Waals surface area contributed by atoms with Crippen LogP contribution in [0.4, 0.5) is 5.69 Å². The average Bonchev–Trinajstić information content (AvgIpc) is 3.66. The van der Waals surface area contributed by atoms with Crippen LogP contribution in [0.3, 0.4) is 0 Å². The number of anilines is 1. The maximum atomic E-state index is 13.9. The van der Waals surface area contributed by atoms with E-state index in [0.29, 0.717) is 30.0 Å². The van der Waals surface area contributed by atoms with Gasteiger partial charge in [0.25, 0.3) is 5.91 Å². The fraction of sp³-hybridized carbons (Fsp3) is 0.528. The Kier molecular flexibility index (Phi) is 9.68. The molecular weight excluding hydrogens is 570 g/mol. The number of hydrogen-bond acceptors (Lipinski definition) is 7. The Balaban J connectivity index is 1.11. The lowest BCUT2D eigenvalue weighted by atomic mass is 9.88. The lowest BCUT2D eigenvalue weighted by Gasteiger charge is -2.38. The third-order valence-corrected chi connectivity index (χ3v) is 9.73. The summed E-state index contributed by atoms with van der Waals surface area (Å²) in [5, 5.41) is 3.78. The zero-order valence-corrected chi connectivity index (χ0v) is 26.6. The topological polar surface area (TPSA) is 101 Å². The summed E-state index contributed by atoms with van der Waals surface area (Å²) in [5.74, 6) is 0.00757. The van der Waals surface area contributed by atoms with Crippen LogP contribution in [0.1, 0.15) is 67.4 Å². The highest BCUT2D eigenvalue weighted by atomic mass is 16.5. The summed E-state index contributed by atoms with van der Waals surface area (Å²) in [6, 6.07) is 13.5. The highest BCUT2D eigenvalue weighted by Gasteiger charge is 2.40. The van der Waals surface area contributed by atoms with E-state index in [1.165, 1.54) is 6.26 Å². The van der Waals surface area contributed by atoms with Crippen molar-refractivity contribution in [2.75, 3.05) is 31.6 Å². The van der Waals surface area contributed by atoms with Gasteiger partial charge in [-0.15, -0.1) is 0 Å². The number of para-hydroxylation sites is 1. The van der Waals surface area contributed by atoms with Crippen molar-refractivity contribution in [1.29, 1.82) is 0 Å². The third-order valence-electron chi connectivity index (χ3n) is 9.73. The van der Waals surface area contributed by atoms with Gasteiger partial charge in [0.2, 0.25) is 5.91 Å². The molecule has 45 heavy (non-hydrogen) atoms. The zero-order chi connectivity index (χ0) is 31.5. The van der Waals surface area contributed by atoms with E-state index in [1.54, 1.807) is 0 Å². The summed E-state index contributed by atoms with van der Waals surface area (Å²) >= 11 is 0. The number of carbonyl (C=O) groups excluding carboxylic acids is 3. The Morgan fingerprint density at radius 2 is 1.78 bits per heavy atom. The number of aldehydes is 1. The number of nitrogens with zero attached hydrogens (tertiary/aromatic N) is 2. The van der Waals surface area contributed by atoms with Crippen molar-refractivity contribution in [2.24, 2.45) is 5.92 Å². The van der Waals surface area contributed by atoms with E-state index < -0.39 is 0 Å². The van der Waals surface area contributed by atoms with Crippen molar-refractivity contribution in [2.45, 2.75) is 89.7 Å². The second-order valence-electron chi connectivity index (χ2n) is 13.2. The first-order valence-corrected chi connectivity index (χ1v) is 16.4. The number of benzene rings is 2. The second kappa shape index (κ2) is 13.8. The molecule has 2 amide bonds. The molecular formula is C36H45N3O6. The van der Waals surface area contributed by atoms with Gasteiger partial charge in [0.1, 0.15) is 18.1 Å². The first-order valence-electron chi connectivity index (χ1n) is 16.4. The van der Waals surface area contributed by atoms with E-state index in [4.69, 9.17) is 13.9 Å². The third kappa shape index (κ3) is 7.32. The van der Waals surface area contributed by atoms with E-state index in [2.05, 4.69) is 24.1 Å². The molecule has 9 heteroatoms. The summed E-state index contributed by atoms with van der Waals surface area (Å²) < 4.78 is 17.9. The van der Waals surface area contributed by atoms with Crippen LogP contribution in [0, 0.1) is 12.8 Å². The molecule has 0 unspecified atom stereocenters. The Bertz CT molecular complexity index is 1500. The van der Waals surface area contributed by atoms with E-state index in [9.17, 15) is 14.4 Å². The molecule has 240 valence electrons. The van der Waals surface area contributed by atoms with Gasteiger partial charge in [-0.2, -0.15) is 0 Å². The average molecular weight is 616 g/mol. The van der Waals surface area contributed by atoms with Gasteiger partial charge in [-0.3, -0.25) is 14.5 Å². The maximum Gasteiger partial charge on any atom is 0.259 e. The fourth-order valence-corrected chi connectivity index (χ4v) is 7.37. The molecule has 3 heterocycles. The number of fused-ring (bicyclic) bond motifs is 1. The van der Waals surface area contributed by atoms with Crippen molar-refractivity contribution >= 4 is 34.8 Å². The SMILES string of the molecule is Cc1cc(CC(=O)N2C[C@@H](N3C[C@@H](C)O[C@@H](C)C3)C[C@H]2COC2CCC(C=O)CC2)ccc1NC(=O)c1coc2ccccc12. The smallest absolute Gasteiger partial charge is 0.259 e. The van der Waals surface area contributed by atoms with Crippen LogP contribution in [-0.4, -0.2) is 84.5 Å². The Morgan fingerprint density at radius 3 is 2.51 bits per heavy atom. The quantitative estimate of drug-likeness (QED) is 0.322. The van der Waals surface area contributed by atoms with Crippen molar-refractivity contribution in [3.8, 4) is 0 Å². The summed E-state index contributed by atoms with van der Waals surface area (Å²) in [4.78, 5) is 42.6. The first kappa shape index (κ1) is 31.5. The molecule has 2 aromatic carbocycles. The Hall–Kier alpha value is -3.53. The van der Waals surface area contributed by atoms with E-state index >= 15 is 0 Å². The van der Waals surface area contributed by atoms with Crippen LogP contribution < -0.4 is 5.32 Å². The number of hydrogen-bond donors (Lipinski definition) is 1. The highest BCUT2D eigenvalue weighted by Crippen LogP contribution is 2.30. The molecule has 9 nitrogen and oxygen atoms in total. The van der Waals surface area contributed by atoms with Crippen LogP contribution >= 0.6 is 0 Å². The van der Waals surface area contributed by atoms with Crippen LogP contribution in [0.5, 0.6) is 0 Å². The van der Waals surface area contributed by atoms with Gasteiger partial charge < -0.3 is 28.9 Å². The number of aryl methyl sites for hydroxylation is 1. The van der Waals surface area contributed by atoms with Crippen LogP contribution in [0.2, 0.25) is 0 Å². The number of rotatable bonds is 9. The first-order chi connectivity index (χ1) is 21.8. The normalized spacial score (nSPS) is 27.5. The number of nitrogens with one attached hydrogen (secondary N) is 1. The van der Waals surface area contributed by atoms with Crippen molar-refractivity contribution in [3.05, 3.63) is 65.4 Å². The molecule has 1 N–H and O–H groups in total. The standard InChI is InChI=1S/C36H45N3O6/c1-23-14-27(10-13-33(23)37-36(42)32-22-44-34-7-5-4-6-31(32)34)15-35(41)39-19-28(38-17-24(2)45-25(3)18-38)16-29(39)21-43-30-11-8-26(20-40)9-12-30/h4-7,10,13-14,20,22,24-26,28-30H,8-9,11-12,15-19,21H2,1-3H3,(H,37,42)/t24-,25+,26?,28-,29-,30?/m0/s1. The largest absolute Gasteiger partial charge is 0.463 e. The van der Waals surface area contributed by atoms with Crippen LogP contribution in [0.15, 0.2) is 53.1 Å². The number of furan rings is 1. The van der Waals surface area contributed by atoms with Gasteiger partial charge in [0.05, 0.1) is 42.9 Å². The molecule has 4 atom stereocenters. The molecule has 1 saturated carbocycles. The molecule has 1 aromatic heterocycles. The molecule has 6 rings (SSSR count). The number of likely N-dealkylation sites (tertiary alicyclic amines) is 1. The van der Waals surface area contributed by atoms with Gasteiger partial charge >= 0.3 is 0 Å². The van der Waals surface area contributed by atoms with E-state index in [-0.39, 0.29) is 54.5 Å². The summed E-state index contributed by atoms with van der Waals surface area (Å²) in [6.07, 6.45) is 7.73. The predicted molar refractivity (Wildman–Crippen MR) is 172 cm³/mol. The lowest BCUT2D eigenvalue weighted by molar-refractivity contribution is -0.133. The second-order valence-corrected chi connectivity index (χ2v) is 13.2. The molecule has 0 bridgehead atoms. The van der Waals surface area contributed by atoms with Gasteiger partial charge in [-0.05, 0) is 76.1 Å². The fourth-order valence-electron chi connectivity index (χ4n) is 7.37. The summed E-state index contributed by atoms with van der Waals surface area (Å²) in [7, 11) is 0.